The SMILES string of the molecule is CN=C(NCCNC(=O)C(C)C)NCC1(C)CCCS1. The van der Waals surface area contributed by atoms with E-state index in [2.05, 4.69) is 27.9 Å². The van der Waals surface area contributed by atoms with Crippen molar-refractivity contribution in [1.29, 1.82) is 0 Å². The van der Waals surface area contributed by atoms with Crippen LogP contribution in [-0.4, -0.2) is 49.0 Å². The molecule has 0 aromatic heterocycles. The molecule has 1 heterocycles. The summed E-state index contributed by atoms with van der Waals surface area (Å²) in [5.41, 5.74) is 0. The van der Waals surface area contributed by atoms with Gasteiger partial charge < -0.3 is 16.0 Å². The highest BCUT2D eigenvalue weighted by Crippen LogP contribution is 2.36. The van der Waals surface area contributed by atoms with Gasteiger partial charge in [0.15, 0.2) is 5.96 Å². The van der Waals surface area contributed by atoms with E-state index in [1.54, 1.807) is 7.05 Å². The van der Waals surface area contributed by atoms with Gasteiger partial charge in [0, 0.05) is 37.3 Å². The number of carbonyl (C=O) groups is 1. The number of amides is 1. The van der Waals surface area contributed by atoms with E-state index in [0.717, 1.165) is 12.5 Å². The Hall–Kier alpha value is -0.910. The Morgan fingerprint density at radius 2 is 2.00 bits per heavy atom. The van der Waals surface area contributed by atoms with Crippen LogP contribution in [0, 0.1) is 5.92 Å². The molecule has 1 fully saturated rings. The summed E-state index contributed by atoms with van der Waals surface area (Å²) in [5.74, 6) is 2.18. The normalized spacial score (nSPS) is 22.9. The number of hydrogen-bond acceptors (Lipinski definition) is 3. The van der Waals surface area contributed by atoms with Crippen molar-refractivity contribution in [2.24, 2.45) is 10.9 Å². The molecular weight excluding hydrogens is 272 g/mol. The lowest BCUT2D eigenvalue weighted by Crippen LogP contribution is -2.45. The van der Waals surface area contributed by atoms with Gasteiger partial charge in [-0.15, -0.1) is 0 Å². The molecule has 1 atom stereocenters. The van der Waals surface area contributed by atoms with E-state index in [1.807, 2.05) is 25.6 Å². The number of guanidine groups is 1. The first-order valence-electron chi connectivity index (χ1n) is 7.33. The zero-order valence-electron chi connectivity index (χ0n) is 13.1. The summed E-state index contributed by atoms with van der Waals surface area (Å²) in [5, 5.41) is 9.47. The minimum Gasteiger partial charge on any atom is -0.355 e. The first-order valence-corrected chi connectivity index (χ1v) is 8.31. The molecule has 116 valence electrons. The van der Waals surface area contributed by atoms with Crippen LogP contribution in [0.4, 0.5) is 0 Å². The van der Waals surface area contributed by atoms with E-state index >= 15 is 0 Å². The van der Waals surface area contributed by atoms with Gasteiger partial charge >= 0.3 is 0 Å². The summed E-state index contributed by atoms with van der Waals surface area (Å²) < 4.78 is 0.323. The van der Waals surface area contributed by atoms with Crippen LogP contribution in [0.5, 0.6) is 0 Å². The van der Waals surface area contributed by atoms with Crippen LogP contribution < -0.4 is 16.0 Å². The van der Waals surface area contributed by atoms with Crippen molar-refractivity contribution in [3.8, 4) is 0 Å². The lowest BCUT2D eigenvalue weighted by molar-refractivity contribution is -0.123. The molecule has 0 aromatic rings. The molecular formula is C14H28N4OS. The summed E-state index contributed by atoms with van der Waals surface area (Å²) in [7, 11) is 1.77. The van der Waals surface area contributed by atoms with Gasteiger partial charge in [-0.1, -0.05) is 13.8 Å². The zero-order chi connectivity index (χ0) is 15.0. The summed E-state index contributed by atoms with van der Waals surface area (Å²) in [6, 6.07) is 0. The Bertz CT molecular complexity index is 338. The second kappa shape index (κ2) is 8.39. The van der Waals surface area contributed by atoms with Crippen LogP contribution in [0.1, 0.15) is 33.6 Å². The number of thioether (sulfide) groups is 1. The minimum atomic E-state index is 0.0341. The molecule has 1 unspecified atom stereocenters. The van der Waals surface area contributed by atoms with E-state index in [9.17, 15) is 4.79 Å². The van der Waals surface area contributed by atoms with Crippen molar-refractivity contribution in [2.75, 3.05) is 32.4 Å². The van der Waals surface area contributed by atoms with Crippen LogP contribution in [-0.2, 0) is 4.79 Å². The molecule has 5 nitrogen and oxygen atoms in total. The fraction of sp³-hybridized carbons (Fsp3) is 0.857. The summed E-state index contributed by atoms with van der Waals surface area (Å²) in [6.07, 6.45) is 2.56. The van der Waals surface area contributed by atoms with Crippen molar-refractivity contribution >= 4 is 23.6 Å². The smallest absolute Gasteiger partial charge is 0.222 e. The van der Waals surface area contributed by atoms with E-state index in [0.29, 0.717) is 17.8 Å². The molecule has 1 rings (SSSR count). The van der Waals surface area contributed by atoms with Crippen molar-refractivity contribution in [2.45, 2.75) is 38.4 Å². The van der Waals surface area contributed by atoms with Gasteiger partial charge in [-0.05, 0) is 25.5 Å². The van der Waals surface area contributed by atoms with E-state index in [-0.39, 0.29) is 11.8 Å². The molecule has 0 saturated carbocycles. The van der Waals surface area contributed by atoms with Gasteiger partial charge in [-0.2, -0.15) is 11.8 Å². The molecule has 20 heavy (non-hydrogen) atoms. The van der Waals surface area contributed by atoms with E-state index < -0.39 is 0 Å². The van der Waals surface area contributed by atoms with Gasteiger partial charge in [0.25, 0.3) is 0 Å². The fourth-order valence-corrected chi connectivity index (χ4v) is 3.28. The van der Waals surface area contributed by atoms with Crippen molar-refractivity contribution in [3.63, 3.8) is 0 Å². The quantitative estimate of drug-likeness (QED) is 0.392. The Morgan fingerprint density at radius 1 is 1.30 bits per heavy atom. The first-order chi connectivity index (χ1) is 9.47. The third-order valence-corrected chi connectivity index (χ3v) is 4.93. The summed E-state index contributed by atoms with van der Waals surface area (Å²) in [6.45, 7) is 8.31. The lowest BCUT2D eigenvalue weighted by atomic mass is 10.1. The maximum Gasteiger partial charge on any atom is 0.222 e. The van der Waals surface area contributed by atoms with Crippen molar-refractivity contribution in [3.05, 3.63) is 0 Å². The highest BCUT2D eigenvalue weighted by atomic mass is 32.2. The van der Waals surface area contributed by atoms with Crippen LogP contribution >= 0.6 is 11.8 Å². The number of aliphatic imine (C=N–C) groups is 1. The second-order valence-corrected chi connectivity index (χ2v) is 7.38. The highest BCUT2D eigenvalue weighted by molar-refractivity contribution is 8.00. The summed E-state index contributed by atoms with van der Waals surface area (Å²) >= 11 is 2.03. The first kappa shape index (κ1) is 17.1. The number of rotatable bonds is 6. The van der Waals surface area contributed by atoms with Crippen molar-refractivity contribution < 1.29 is 4.79 Å². The van der Waals surface area contributed by atoms with Gasteiger partial charge in [0.2, 0.25) is 5.91 Å². The average Bonchev–Trinajstić information content (AvgIpc) is 2.84. The number of hydrogen-bond donors (Lipinski definition) is 3. The molecule has 0 spiro atoms. The van der Waals surface area contributed by atoms with E-state index in [4.69, 9.17) is 0 Å². The molecule has 0 radical (unpaired) electrons. The van der Waals surface area contributed by atoms with Gasteiger partial charge in [0.05, 0.1) is 0 Å². The monoisotopic (exact) mass is 300 g/mol. The Morgan fingerprint density at radius 3 is 2.55 bits per heavy atom. The molecule has 1 aliphatic heterocycles. The minimum absolute atomic E-state index is 0.0341. The molecule has 0 aliphatic carbocycles. The molecule has 1 saturated heterocycles. The van der Waals surface area contributed by atoms with Gasteiger partial charge in [-0.25, -0.2) is 0 Å². The average molecular weight is 300 g/mol. The Kier molecular flexibility index (Phi) is 7.19. The van der Waals surface area contributed by atoms with Crippen LogP contribution in [0.2, 0.25) is 0 Å². The third kappa shape index (κ3) is 6.03. The standard InChI is InChI=1S/C14H28N4OS/c1-11(2)12(19)16-7-8-17-13(15-4)18-10-14(3)6-5-9-20-14/h11H,5-10H2,1-4H3,(H,16,19)(H2,15,17,18). The molecule has 0 bridgehead atoms. The Balaban J connectivity index is 2.18. The molecule has 1 aliphatic rings. The van der Waals surface area contributed by atoms with Crippen LogP contribution in [0.15, 0.2) is 4.99 Å². The zero-order valence-corrected chi connectivity index (χ0v) is 13.9. The predicted octanol–water partition coefficient (Wildman–Crippen LogP) is 1.21. The molecule has 1 amide bonds. The largest absolute Gasteiger partial charge is 0.355 e. The van der Waals surface area contributed by atoms with Crippen LogP contribution in [0.25, 0.3) is 0 Å². The van der Waals surface area contributed by atoms with Crippen LogP contribution in [0.3, 0.4) is 0 Å². The second-order valence-electron chi connectivity index (χ2n) is 5.70. The van der Waals surface area contributed by atoms with Gasteiger partial charge in [-0.3, -0.25) is 9.79 Å². The van der Waals surface area contributed by atoms with Gasteiger partial charge in [0.1, 0.15) is 0 Å². The third-order valence-electron chi connectivity index (χ3n) is 3.39. The highest BCUT2D eigenvalue weighted by Gasteiger charge is 2.29. The predicted molar refractivity (Wildman–Crippen MR) is 87.3 cm³/mol. The molecule has 0 aromatic carbocycles. The Labute approximate surface area is 126 Å². The number of nitrogens with zero attached hydrogens (tertiary/aromatic N) is 1. The molecule has 6 heteroatoms. The maximum absolute atomic E-state index is 11.4. The maximum atomic E-state index is 11.4. The fourth-order valence-electron chi connectivity index (χ4n) is 2.04. The topological polar surface area (TPSA) is 65.5 Å². The van der Waals surface area contributed by atoms with E-state index in [1.165, 1.54) is 18.6 Å². The number of carbonyl (C=O) groups excluding carboxylic acids is 1. The summed E-state index contributed by atoms with van der Waals surface area (Å²) in [4.78, 5) is 15.6. The molecule has 3 N–H and O–H groups in total. The lowest BCUT2D eigenvalue weighted by Gasteiger charge is -2.24. The van der Waals surface area contributed by atoms with Crippen molar-refractivity contribution in [1.82, 2.24) is 16.0 Å². The number of nitrogens with one attached hydrogen (secondary N) is 3.